The summed E-state index contributed by atoms with van der Waals surface area (Å²) in [7, 11) is 0. The van der Waals surface area contributed by atoms with Crippen molar-refractivity contribution in [2.45, 2.75) is 31.3 Å². The lowest BCUT2D eigenvalue weighted by atomic mass is 10.0. The fraction of sp³-hybridized carbons (Fsp3) is 0.545. The molecule has 0 aliphatic carbocycles. The maximum atomic E-state index is 11.2. The molecule has 1 aliphatic rings. The van der Waals surface area contributed by atoms with Crippen LogP contribution in [0, 0.1) is 6.92 Å². The van der Waals surface area contributed by atoms with Crippen LogP contribution in [0.5, 0.6) is 0 Å². The van der Waals surface area contributed by atoms with Gasteiger partial charge in [-0.25, -0.2) is 0 Å². The van der Waals surface area contributed by atoms with Crippen molar-refractivity contribution in [2.24, 2.45) is 0 Å². The summed E-state index contributed by atoms with van der Waals surface area (Å²) in [6.45, 7) is 1.32. The summed E-state index contributed by atoms with van der Waals surface area (Å²) in [6.07, 6.45) is -8.03. The number of nitrogens with one attached hydrogen (secondary N) is 1. The second kappa shape index (κ2) is 6.38. The molecule has 4 atom stereocenters. The Morgan fingerprint density at radius 2 is 2.05 bits per heavy atom. The van der Waals surface area contributed by atoms with Gasteiger partial charge in [-0.3, -0.25) is 9.36 Å². The molecule has 0 unspecified atom stereocenters. The van der Waals surface area contributed by atoms with Crippen molar-refractivity contribution < 1.29 is 24.0 Å². The number of rotatable bonds is 4. The zero-order chi connectivity index (χ0) is 15.8. The zero-order valence-corrected chi connectivity index (χ0v) is 13.3. The Morgan fingerprint density at radius 1 is 1.38 bits per heavy atom. The van der Waals surface area contributed by atoms with Crippen molar-refractivity contribution in [3.05, 3.63) is 33.7 Å². The maximum Gasteiger partial charge on any atom is 0.380 e. The summed E-state index contributed by atoms with van der Waals surface area (Å²) in [5, 5.41) is 20.0. The van der Waals surface area contributed by atoms with Crippen molar-refractivity contribution in [3.63, 3.8) is 0 Å². The number of halogens is 2. The first-order valence-corrected chi connectivity index (χ1v) is 9.48. The minimum absolute atomic E-state index is 0.283. The van der Waals surface area contributed by atoms with E-state index in [1.54, 1.807) is 6.92 Å². The van der Waals surface area contributed by atoms with Crippen LogP contribution in [0.25, 0.3) is 0 Å². The van der Waals surface area contributed by atoms with Gasteiger partial charge < -0.3 is 24.5 Å². The number of aryl methyl sites for hydroxylation is 1. The van der Waals surface area contributed by atoms with Crippen molar-refractivity contribution in [3.8, 4) is 0 Å². The minimum atomic E-state index is -3.75. The SMILES string of the molecule is Cc1[nH]c(=O)ccc1[C@@H]1O[C@H](COP(=O)(Cl)Cl)[C@H](O)[C@@H]1O. The lowest BCUT2D eigenvalue weighted by Gasteiger charge is -2.16. The Hall–Kier alpha value is -0.400. The van der Waals surface area contributed by atoms with E-state index in [1.165, 1.54) is 12.1 Å². The quantitative estimate of drug-likeness (QED) is 0.703. The first kappa shape index (κ1) is 17.0. The van der Waals surface area contributed by atoms with Gasteiger partial charge >= 0.3 is 6.07 Å². The van der Waals surface area contributed by atoms with Gasteiger partial charge in [0.15, 0.2) is 0 Å². The molecule has 21 heavy (non-hydrogen) atoms. The van der Waals surface area contributed by atoms with Gasteiger partial charge in [-0.15, -0.1) is 0 Å². The standard InChI is InChI=1S/C11H14Cl2NO6P/c1-5-6(2-3-8(15)14-5)11-10(17)9(16)7(20-11)4-19-21(12,13)18/h2-3,7,9-11,16-17H,4H2,1H3,(H,14,15)/t7-,9+,10+,11+/m1/s1. The van der Waals surface area contributed by atoms with Gasteiger partial charge in [0, 0.05) is 17.3 Å². The van der Waals surface area contributed by atoms with Crippen LogP contribution in [-0.2, 0) is 13.8 Å². The first-order chi connectivity index (χ1) is 9.69. The molecule has 118 valence electrons. The van der Waals surface area contributed by atoms with Crippen molar-refractivity contribution in [2.75, 3.05) is 6.61 Å². The van der Waals surface area contributed by atoms with Crippen LogP contribution < -0.4 is 5.56 Å². The van der Waals surface area contributed by atoms with E-state index < -0.39 is 30.5 Å². The third kappa shape index (κ3) is 4.07. The molecule has 1 aromatic rings. The molecule has 2 heterocycles. The van der Waals surface area contributed by atoms with Gasteiger partial charge in [0.1, 0.15) is 24.4 Å². The van der Waals surface area contributed by atoms with Crippen LogP contribution >= 0.6 is 28.6 Å². The number of aromatic amines is 1. The van der Waals surface area contributed by atoms with Crippen molar-refractivity contribution in [1.82, 2.24) is 4.98 Å². The van der Waals surface area contributed by atoms with E-state index in [2.05, 4.69) is 4.98 Å². The summed E-state index contributed by atoms with van der Waals surface area (Å²) < 4.78 is 21.3. The Kier molecular flexibility index (Phi) is 5.15. The maximum absolute atomic E-state index is 11.2. The van der Waals surface area contributed by atoms with Crippen molar-refractivity contribution in [1.29, 1.82) is 0 Å². The van der Waals surface area contributed by atoms with E-state index >= 15 is 0 Å². The smallest absolute Gasteiger partial charge is 0.380 e. The van der Waals surface area contributed by atoms with Gasteiger partial charge in [-0.05, 0) is 35.5 Å². The number of pyridine rings is 1. The monoisotopic (exact) mass is 357 g/mol. The summed E-state index contributed by atoms with van der Waals surface area (Å²) in [5.74, 6) is 0. The van der Waals surface area contributed by atoms with Crippen LogP contribution in [0.3, 0.4) is 0 Å². The number of H-pyrrole nitrogens is 1. The average Bonchev–Trinajstić information content (AvgIpc) is 2.64. The number of aromatic nitrogens is 1. The summed E-state index contributed by atoms with van der Waals surface area (Å²) in [5.41, 5.74) is 0.763. The first-order valence-electron chi connectivity index (χ1n) is 6.04. The number of aliphatic hydroxyl groups is 2. The molecule has 10 heteroatoms. The molecule has 0 saturated carbocycles. The number of hydrogen-bond donors (Lipinski definition) is 3. The highest BCUT2D eigenvalue weighted by Gasteiger charge is 2.44. The highest BCUT2D eigenvalue weighted by atomic mass is 35.9. The van der Waals surface area contributed by atoms with Gasteiger partial charge in [0.25, 0.3) is 0 Å². The molecule has 1 fully saturated rings. The fourth-order valence-corrected chi connectivity index (χ4v) is 2.86. The number of hydrogen-bond acceptors (Lipinski definition) is 6. The van der Waals surface area contributed by atoms with Crippen LogP contribution in [-0.4, -0.2) is 40.1 Å². The zero-order valence-electron chi connectivity index (χ0n) is 10.9. The molecule has 0 radical (unpaired) electrons. The number of aliphatic hydroxyl groups excluding tert-OH is 2. The van der Waals surface area contributed by atoms with Gasteiger partial charge in [0.2, 0.25) is 5.56 Å². The van der Waals surface area contributed by atoms with Crippen LogP contribution in [0.15, 0.2) is 16.9 Å². The largest absolute Gasteiger partial charge is 0.387 e. The Morgan fingerprint density at radius 3 is 2.62 bits per heavy atom. The Bertz CT molecular complexity index is 617. The predicted molar refractivity (Wildman–Crippen MR) is 76.7 cm³/mol. The second-order valence-electron chi connectivity index (χ2n) is 4.69. The van der Waals surface area contributed by atoms with Crippen LogP contribution in [0.4, 0.5) is 0 Å². The van der Waals surface area contributed by atoms with E-state index in [0.717, 1.165) is 0 Å². The average molecular weight is 358 g/mol. The molecule has 2 rings (SSSR count). The molecule has 0 bridgehead atoms. The van der Waals surface area contributed by atoms with E-state index in [-0.39, 0.29) is 12.2 Å². The highest BCUT2D eigenvalue weighted by molar-refractivity contribution is 8.05. The van der Waals surface area contributed by atoms with Crippen LogP contribution in [0.1, 0.15) is 17.4 Å². The van der Waals surface area contributed by atoms with E-state index in [1.807, 2.05) is 0 Å². The van der Waals surface area contributed by atoms with Gasteiger partial charge in [0.05, 0.1) is 6.61 Å². The molecular formula is C11H14Cl2NO6P. The summed E-state index contributed by atoms with van der Waals surface area (Å²) in [4.78, 5) is 13.8. The molecule has 0 spiro atoms. The fourth-order valence-electron chi connectivity index (χ4n) is 2.20. The molecule has 1 aliphatic heterocycles. The van der Waals surface area contributed by atoms with Gasteiger partial charge in [-0.2, -0.15) is 0 Å². The minimum Gasteiger partial charge on any atom is -0.387 e. The van der Waals surface area contributed by atoms with E-state index in [9.17, 15) is 19.6 Å². The van der Waals surface area contributed by atoms with Crippen molar-refractivity contribution >= 4 is 28.6 Å². The van der Waals surface area contributed by atoms with Gasteiger partial charge in [-0.1, -0.05) is 0 Å². The third-order valence-corrected chi connectivity index (χ3v) is 4.25. The Balaban J connectivity index is 2.16. The molecule has 0 aromatic carbocycles. The summed E-state index contributed by atoms with van der Waals surface area (Å²) in [6, 6.07) is 2.80. The molecule has 1 saturated heterocycles. The second-order valence-corrected chi connectivity index (χ2v) is 8.97. The molecule has 0 amide bonds. The molecular weight excluding hydrogens is 344 g/mol. The normalized spacial score (nSPS) is 29.8. The lowest BCUT2D eigenvalue weighted by Crippen LogP contribution is -2.33. The third-order valence-electron chi connectivity index (χ3n) is 3.22. The Labute approximate surface area is 129 Å². The number of ether oxygens (including phenoxy) is 1. The van der Waals surface area contributed by atoms with E-state index in [0.29, 0.717) is 11.3 Å². The molecule has 3 N–H and O–H groups in total. The topological polar surface area (TPSA) is 109 Å². The molecule has 7 nitrogen and oxygen atoms in total. The van der Waals surface area contributed by atoms with Crippen LogP contribution in [0.2, 0.25) is 0 Å². The highest BCUT2D eigenvalue weighted by Crippen LogP contribution is 2.57. The lowest BCUT2D eigenvalue weighted by molar-refractivity contribution is -0.0155. The molecule has 1 aromatic heterocycles. The predicted octanol–water partition coefficient (Wildman–Crippen LogP) is 1.45. The van der Waals surface area contributed by atoms with E-state index in [4.69, 9.17) is 31.7 Å². The summed E-state index contributed by atoms with van der Waals surface area (Å²) >= 11 is 10.5.